The number of benzene rings is 1. The smallest absolute Gasteiger partial charge is 0.259 e. The first-order valence-corrected chi connectivity index (χ1v) is 8.73. The van der Waals surface area contributed by atoms with E-state index < -0.39 is 11.2 Å². The molecule has 0 spiro atoms. The van der Waals surface area contributed by atoms with Crippen molar-refractivity contribution < 1.29 is 13.9 Å². The minimum Gasteiger partial charge on any atom is -0.368 e. The Morgan fingerprint density at radius 3 is 3.15 bits per heavy atom. The van der Waals surface area contributed by atoms with Crippen LogP contribution in [0.25, 0.3) is 10.9 Å². The Labute approximate surface area is 152 Å². The van der Waals surface area contributed by atoms with Crippen molar-refractivity contribution in [1.82, 2.24) is 24.9 Å². The maximum atomic E-state index is 13.8. The molecule has 0 saturated carbocycles. The number of ether oxygens (including phenoxy) is 1. The number of para-hydroxylation sites is 1. The molecular formula is C18H16FN5O3. The fourth-order valence-corrected chi connectivity index (χ4v) is 3.92. The zero-order valence-electron chi connectivity index (χ0n) is 14.3. The molecule has 2 aliphatic rings. The van der Waals surface area contributed by atoms with Crippen LogP contribution < -0.4 is 5.43 Å². The maximum absolute atomic E-state index is 13.8. The lowest BCUT2D eigenvalue weighted by Gasteiger charge is -2.40. The third kappa shape index (κ3) is 2.46. The molecule has 2 aromatic heterocycles. The summed E-state index contributed by atoms with van der Waals surface area (Å²) in [5.41, 5.74) is 0.554. The summed E-state index contributed by atoms with van der Waals surface area (Å²) in [6.07, 6.45) is 3.43. The molecule has 1 aromatic carbocycles. The number of aromatic amines is 1. The van der Waals surface area contributed by atoms with Crippen LogP contribution in [-0.4, -0.2) is 50.0 Å². The number of nitrogens with one attached hydrogen (secondary N) is 1. The molecule has 0 unspecified atom stereocenters. The van der Waals surface area contributed by atoms with Gasteiger partial charge in [-0.3, -0.25) is 9.59 Å². The van der Waals surface area contributed by atoms with Gasteiger partial charge in [0.1, 0.15) is 11.4 Å². The molecule has 1 amide bonds. The van der Waals surface area contributed by atoms with Crippen LogP contribution in [0, 0.1) is 5.82 Å². The standard InChI is InChI=1S/C18H16FN5O3/c19-13-3-1-2-11-16(13)20-7-12(17(11)25)18(26)23-5-4-14-15(8-23)27-9-10-6-21-22-24(10)14/h1-3,6-7,14-15H,4-5,8-9H2,(H,20,25)/t14-,15-/m0/s1. The molecule has 138 valence electrons. The third-order valence-corrected chi connectivity index (χ3v) is 5.31. The first-order valence-electron chi connectivity index (χ1n) is 8.73. The summed E-state index contributed by atoms with van der Waals surface area (Å²) in [7, 11) is 0. The topological polar surface area (TPSA) is 93.1 Å². The van der Waals surface area contributed by atoms with Crippen LogP contribution in [0.3, 0.4) is 0 Å². The van der Waals surface area contributed by atoms with E-state index in [4.69, 9.17) is 4.74 Å². The number of hydrogen-bond donors (Lipinski definition) is 1. The van der Waals surface area contributed by atoms with E-state index in [0.717, 1.165) is 5.69 Å². The highest BCUT2D eigenvalue weighted by molar-refractivity contribution is 5.97. The van der Waals surface area contributed by atoms with Gasteiger partial charge in [-0.2, -0.15) is 0 Å². The highest BCUT2D eigenvalue weighted by Crippen LogP contribution is 2.30. The number of rotatable bonds is 1. The summed E-state index contributed by atoms with van der Waals surface area (Å²) in [4.78, 5) is 30.0. The van der Waals surface area contributed by atoms with Crippen molar-refractivity contribution >= 4 is 16.8 Å². The zero-order valence-corrected chi connectivity index (χ0v) is 14.3. The number of piperidine rings is 1. The molecule has 9 heteroatoms. The van der Waals surface area contributed by atoms with Crippen molar-refractivity contribution in [2.45, 2.75) is 25.2 Å². The Morgan fingerprint density at radius 1 is 1.37 bits per heavy atom. The number of pyridine rings is 1. The van der Waals surface area contributed by atoms with E-state index in [0.29, 0.717) is 26.1 Å². The molecule has 0 radical (unpaired) electrons. The lowest BCUT2D eigenvalue weighted by atomic mass is 9.99. The number of likely N-dealkylation sites (tertiary alicyclic amines) is 1. The van der Waals surface area contributed by atoms with E-state index in [1.807, 2.05) is 4.68 Å². The third-order valence-electron chi connectivity index (χ3n) is 5.31. The van der Waals surface area contributed by atoms with Crippen molar-refractivity contribution in [1.29, 1.82) is 0 Å². The van der Waals surface area contributed by atoms with E-state index in [9.17, 15) is 14.0 Å². The van der Waals surface area contributed by atoms with Crippen LogP contribution >= 0.6 is 0 Å². The Balaban J connectivity index is 1.44. The summed E-state index contributed by atoms with van der Waals surface area (Å²) in [6.45, 7) is 1.23. The molecule has 27 heavy (non-hydrogen) atoms. The van der Waals surface area contributed by atoms with Gasteiger partial charge in [0, 0.05) is 24.7 Å². The summed E-state index contributed by atoms with van der Waals surface area (Å²) in [6, 6.07) is 4.27. The number of aromatic nitrogens is 4. The molecule has 1 fully saturated rings. The van der Waals surface area contributed by atoms with Gasteiger partial charge in [-0.05, 0) is 18.6 Å². The number of hydrogen-bond acceptors (Lipinski definition) is 5. The first kappa shape index (κ1) is 16.1. The monoisotopic (exact) mass is 369 g/mol. The van der Waals surface area contributed by atoms with Crippen LogP contribution in [-0.2, 0) is 11.3 Å². The fraction of sp³-hybridized carbons (Fsp3) is 0.333. The lowest BCUT2D eigenvalue weighted by molar-refractivity contribution is -0.0627. The molecule has 0 bridgehead atoms. The van der Waals surface area contributed by atoms with Gasteiger partial charge in [-0.15, -0.1) is 5.10 Å². The van der Waals surface area contributed by atoms with Gasteiger partial charge >= 0.3 is 0 Å². The Kier molecular flexibility index (Phi) is 3.57. The highest BCUT2D eigenvalue weighted by atomic mass is 19.1. The SMILES string of the molecule is O=C(c1c[nH]c2c(F)cccc2c1=O)N1CC[C@H]2[C@H](C1)OCc1cnnn12. The number of halogens is 1. The second-order valence-electron chi connectivity index (χ2n) is 6.82. The number of amides is 1. The Hall–Kier alpha value is -3.07. The van der Waals surface area contributed by atoms with Crippen molar-refractivity contribution in [2.24, 2.45) is 0 Å². The van der Waals surface area contributed by atoms with Gasteiger partial charge in [0.25, 0.3) is 5.91 Å². The maximum Gasteiger partial charge on any atom is 0.259 e. The average molecular weight is 369 g/mol. The van der Waals surface area contributed by atoms with E-state index >= 15 is 0 Å². The second kappa shape index (κ2) is 5.98. The molecule has 3 aromatic rings. The average Bonchev–Trinajstić information content (AvgIpc) is 3.17. The molecule has 0 aliphatic carbocycles. The predicted molar refractivity (Wildman–Crippen MR) is 92.7 cm³/mol. The number of carbonyl (C=O) groups is 1. The summed E-state index contributed by atoms with van der Waals surface area (Å²) >= 11 is 0. The van der Waals surface area contributed by atoms with Crippen LogP contribution in [0.15, 0.2) is 35.4 Å². The van der Waals surface area contributed by atoms with Crippen molar-refractivity contribution in [3.8, 4) is 0 Å². The molecule has 8 nitrogen and oxygen atoms in total. The highest BCUT2D eigenvalue weighted by Gasteiger charge is 2.38. The molecule has 2 atom stereocenters. The second-order valence-corrected chi connectivity index (χ2v) is 6.82. The molecule has 5 rings (SSSR count). The van der Waals surface area contributed by atoms with Crippen LogP contribution in [0.4, 0.5) is 4.39 Å². The molecular weight excluding hydrogens is 353 g/mol. The normalized spacial score (nSPS) is 21.7. The lowest BCUT2D eigenvalue weighted by Crippen LogP contribution is -2.51. The molecule has 1 saturated heterocycles. The fourth-order valence-electron chi connectivity index (χ4n) is 3.92. The van der Waals surface area contributed by atoms with Crippen molar-refractivity contribution in [2.75, 3.05) is 13.1 Å². The van der Waals surface area contributed by atoms with Gasteiger partial charge in [-0.1, -0.05) is 11.3 Å². The van der Waals surface area contributed by atoms with Crippen LogP contribution in [0.5, 0.6) is 0 Å². The zero-order chi connectivity index (χ0) is 18.5. The molecule has 4 heterocycles. The van der Waals surface area contributed by atoms with Gasteiger partial charge in [0.15, 0.2) is 0 Å². The minimum atomic E-state index is -0.524. The van der Waals surface area contributed by atoms with Gasteiger partial charge in [0.2, 0.25) is 5.43 Å². The quantitative estimate of drug-likeness (QED) is 0.697. The predicted octanol–water partition coefficient (Wildman–Crippen LogP) is 1.24. The summed E-state index contributed by atoms with van der Waals surface area (Å²) in [5.74, 6) is -0.905. The Morgan fingerprint density at radius 2 is 2.26 bits per heavy atom. The van der Waals surface area contributed by atoms with Crippen molar-refractivity contribution in [3.05, 3.63) is 57.9 Å². The van der Waals surface area contributed by atoms with E-state index in [-0.39, 0.29) is 34.5 Å². The number of nitrogens with zero attached hydrogens (tertiary/aromatic N) is 4. The van der Waals surface area contributed by atoms with E-state index in [2.05, 4.69) is 15.3 Å². The van der Waals surface area contributed by atoms with Gasteiger partial charge in [-0.25, -0.2) is 9.07 Å². The number of carbonyl (C=O) groups excluding carboxylic acids is 1. The molecule has 1 N–H and O–H groups in total. The summed E-state index contributed by atoms with van der Waals surface area (Å²) < 4.78 is 21.6. The van der Waals surface area contributed by atoms with Crippen LogP contribution in [0.2, 0.25) is 0 Å². The largest absolute Gasteiger partial charge is 0.368 e. The molecule has 2 aliphatic heterocycles. The first-order chi connectivity index (χ1) is 13.1. The van der Waals surface area contributed by atoms with Crippen LogP contribution in [0.1, 0.15) is 28.5 Å². The number of H-pyrrole nitrogens is 1. The van der Waals surface area contributed by atoms with E-state index in [1.165, 1.54) is 24.4 Å². The number of fused-ring (bicyclic) bond motifs is 4. The Bertz CT molecular complexity index is 1110. The van der Waals surface area contributed by atoms with Crippen molar-refractivity contribution in [3.63, 3.8) is 0 Å². The van der Waals surface area contributed by atoms with Gasteiger partial charge < -0.3 is 14.6 Å². The minimum absolute atomic E-state index is 0.00352. The van der Waals surface area contributed by atoms with Gasteiger partial charge in [0.05, 0.1) is 36.2 Å². The summed E-state index contributed by atoms with van der Waals surface area (Å²) in [5, 5.41) is 8.20. The van der Waals surface area contributed by atoms with E-state index in [1.54, 1.807) is 11.1 Å².